The van der Waals surface area contributed by atoms with Crippen molar-refractivity contribution in [2.24, 2.45) is 5.92 Å². The number of hydrogen-bond donors (Lipinski definition) is 0. The summed E-state index contributed by atoms with van der Waals surface area (Å²) in [6.45, 7) is 6.08. The Balaban J connectivity index is 1.73. The lowest BCUT2D eigenvalue weighted by molar-refractivity contribution is -0.153. The van der Waals surface area contributed by atoms with Crippen molar-refractivity contribution >= 4 is 11.9 Å². The molecule has 1 amide bonds. The number of carbonyl (C=O) groups is 2. The molecule has 1 aliphatic heterocycles. The molecule has 0 aromatic heterocycles. The van der Waals surface area contributed by atoms with Gasteiger partial charge in [0.2, 0.25) is 0 Å². The molecular weight excluding hydrogens is 349 g/mol. The van der Waals surface area contributed by atoms with Crippen molar-refractivity contribution in [3.63, 3.8) is 0 Å². The second-order valence-electron chi connectivity index (χ2n) is 7.51. The third-order valence-electron chi connectivity index (χ3n) is 4.77. The van der Waals surface area contributed by atoms with Gasteiger partial charge < -0.3 is 14.4 Å². The fourth-order valence-corrected chi connectivity index (χ4v) is 3.33. The van der Waals surface area contributed by atoms with Gasteiger partial charge in [0, 0.05) is 6.08 Å². The number of halogens is 1. The SMILES string of the molecule is CCOC(=O)C(CC(C)C)N1CC(Oc2cccc(C3CC3)c2F)=CC1=O. The van der Waals surface area contributed by atoms with Crippen molar-refractivity contribution in [2.45, 2.75) is 52.0 Å². The third-order valence-corrected chi connectivity index (χ3v) is 4.77. The van der Waals surface area contributed by atoms with Gasteiger partial charge in [-0.2, -0.15) is 0 Å². The van der Waals surface area contributed by atoms with Crippen LogP contribution in [-0.4, -0.2) is 36.0 Å². The fraction of sp³-hybridized carbons (Fsp3) is 0.524. The van der Waals surface area contributed by atoms with Crippen LogP contribution in [0.5, 0.6) is 5.75 Å². The van der Waals surface area contributed by atoms with Crippen LogP contribution >= 0.6 is 0 Å². The minimum atomic E-state index is -0.669. The highest BCUT2D eigenvalue weighted by atomic mass is 19.1. The number of carbonyl (C=O) groups excluding carboxylic acids is 2. The minimum Gasteiger partial charge on any atom is -0.464 e. The molecular formula is C21H26FNO4. The fourth-order valence-electron chi connectivity index (χ4n) is 3.33. The van der Waals surface area contributed by atoms with E-state index < -0.39 is 12.0 Å². The highest BCUT2D eigenvalue weighted by Gasteiger charge is 2.36. The second kappa shape index (κ2) is 8.11. The van der Waals surface area contributed by atoms with Crippen LogP contribution in [0.15, 0.2) is 30.0 Å². The molecule has 146 valence electrons. The molecule has 1 aromatic carbocycles. The average Bonchev–Trinajstić information content (AvgIpc) is 3.38. The van der Waals surface area contributed by atoms with Gasteiger partial charge in [0.1, 0.15) is 11.8 Å². The lowest BCUT2D eigenvalue weighted by atomic mass is 10.0. The summed E-state index contributed by atoms with van der Waals surface area (Å²) in [5.74, 6) is -0.162. The highest BCUT2D eigenvalue weighted by molar-refractivity contribution is 5.94. The molecule has 1 aromatic rings. The van der Waals surface area contributed by atoms with Crippen LogP contribution < -0.4 is 4.74 Å². The molecule has 0 N–H and O–H groups in total. The van der Waals surface area contributed by atoms with Crippen LogP contribution in [0, 0.1) is 11.7 Å². The molecule has 2 aliphatic rings. The van der Waals surface area contributed by atoms with Gasteiger partial charge in [-0.25, -0.2) is 9.18 Å². The Bertz CT molecular complexity index is 755. The van der Waals surface area contributed by atoms with E-state index in [0.717, 1.165) is 12.8 Å². The molecule has 0 radical (unpaired) electrons. The number of esters is 1. The Morgan fingerprint density at radius 1 is 1.33 bits per heavy atom. The van der Waals surface area contributed by atoms with E-state index in [2.05, 4.69) is 0 Å². The van der Waals surface area contributed by atoms with Crippen molar-refractivity contribution in [1.82, 2.24) is 4.90 Å². The number of hydrogen-bond acceptors (Lipinski definition) is 4. The molecule has 1 heterocycles. The first kappa shape index (κ1) is 19.4. The third kappa shape index (κ3) is 4.49. The summed E-state index contributed by atoms with van der Waals surface area (Å²) in [6, 6.07) is 4.44. The molecule has 1 fully saturated rings. The second-order valence-corrected chi connectivity index (χ2v) is 7.51. The number of amides is 1. The van der Waals surface area contributed by atoms with E-state index in [0.29, 0.717) is 17.7 Å². The first-order chi connectivity index (χ1) is 12.9. The largest absolute Gasteiger partial charge is 0.464 e. The molecule has 1 saturated carbocycles. The van der Waals surface area contributed by atoms with Gasteiger partial charge in [0.15, 0.2) is 11.6 Å². The van der Waals surface area contributed by atoms with Gasteiger partial charge in [0.05, 0.1) is 13.2 Å². The molecule has 6 heteroatoms. The van der Waals surface area contributed by atoms with Crippen LogP contribution in [0.1, 0.15) is 51.5 Å². The Kier molecular flexibility index (Phi) is 5.82. The smallest absolute Gasteiger partial charge is 0.328 e. The van der Waals surface area contributed by atoms with Crippen molar-refractivity contribution in [1.29, 1.82) is 0 Å². The molecule has 27 heavy (non-hydrogen) atoms. The van der Waals surface area contributed by atoms with Gasteiger partial charge in [-0.3, -0.25) is 4.79 Å². The van der Waals surface area contributed by atoms with E-state index in [1.165, 1.54) is 11.0 Å². The van der Waals surface area contributed by atoms with Crippen molar-refractivity contribution in [2.75, 3.05) is 13.2 Å². The number of ether oxygens (including phenoxy) is 2. The van der Waals surface area contributed by atoms with E-state index >= 15 is 0 Å². The first-order valence-electron chi connectivity index (χ1n) is 9.54. The molecule has 1 atom stereocenters. The Labute approximate surface area is 159 Å². The standard InChI is InChI=1S/C21H26FNO4/c1-4-26-21(25)17(10-13(2)3)23-12-15(11-19(23)24)27-18-7-5-6-16(20(18)22)14-8-9-14/h5-7,11,13-14,17H,4,8-10,12H2,1-3H3. The summed E-state index contributed by atoms with van der Waals surface area (Å²) >= 11 is 0. The molecule has 1 unspecified atom stereocenters. The maximum absolute atomic E-state index is 14.6. The number of rotatable bonds is 8. The van der Waals surface area contributed by atoms with Gasteiger partial charge in [-0.15, -0.1) is 0 Å². The topological polar surface area (TPSA) is 55.8 Å². The molecule has 3 rings (SSSR count). The van der Waals surface area contributed by atoms with Gasteiger partial charge in [0.25, 0.3) is 5.91 Å². The van der Waals surface area contributed by atoms with E-state index in [-0.39, 0.29) is 42.5 Å². The lowest BCUT2D eigenvalue weighted by Gasteiger charge is -2.27. The summed E-state index contributed by atoms with van der Waals surface area (Å²) < 4.78 is 25.5. The van der Waals surface area contributed by atoms with Crippen molar-refractivity contribution in [3.05, 3.63) is 41.4 Å². The normalized spacial score (nSPS) is 17.9. The predicted octanol–water partition coefficient (Wildman–Crippen LogP) is 3.79. The molecule has 0 spiro atoms. The van der Waals surface area contributed by atoms with Crippen LogP contribution in [-0.2, 0) is 14.3 Å². The average molecular weight is 375 g/mol. The van der Waals surface area contributed by atoms with Gasteiger partial charge in [-0.05, 0) is 49.7 Å². The molecule has 1 aliphatic carbocycles. The Hall–Kier alpha value is -2.37. The van der Waals surface area contributed by atoms with E-state index in [1.54, 1.807) is 25.1 Å². The number of nitrogens with zero attached hydrogens (tertiary/aromatic N) is 1. The summed E-state index contributed by atoms with van der Waals surface area (Å²) in [7, 11) is 0. The first-order valence-corrected chi connectivity index (χ1v) is 9.54. The summed E-state index contributed by atoms with van der Waals surface area (Å²) in [6.07, 6.45) is 3.81. The monoisotopic (exact) mass is 375 g/mol. The zero-order chi connectivity index (χ0) is 19.6. The van der Waals surface area contributed by atoms with Crippen LogP contribution in [0.3, 0.4) is 0 Å². The van der Waals surface area contributed by atoms with Crippen molar-refractivity contribution in [3.8, 4) is 5.75 Å². The minimum absolute atomic E-state index is 0.122. The maximum atomic E-state index is 14.6. The summed E-state index contributed by atoms with van der Waals surface area (Å²) in [5, 5.41) is 0. The Morgan fingerprint density at radius 3 is 2.70 bits per heavy atom. The quantitative estimate of drug-likeness (QED) is 0.649. The Morgan fingerprint density at radius 2 is 2.07 bits per heavy atom. The van der Waals surface area contributed by atoms with Crippen molar-refractivity contribution < 1.29 is 23.5 Å². The molecule has 0 saturated heterocycles. The van der Waals surface area contributed by atoms with Crippen LogP contribution in [0.2, 0.25) is 0 Å². The van der Waals surface area contributed by atoms with Crippen LogP contribution in [0.4, 0.5) is 4.39 Å². The van der Waals surface area contributed by atoms with Gasteiger partial charge in [-0.1, -0.05) is 26.0 Å². The highest BCUT2D eigenvalue weighted by Crippen LogP contribution is 2.43. The zero-order valence-electron chi connectivity index (χ0n) is 16.0. The summed E-state index contributed by atoms with van der Waals surface area (Å²) in [5.41, 5.74) is 0.665. The summed E-state index contributed by atoms with van der Waals surface area (Å²) in [4.78, 5) is 26.2. The maximum Gasteiger partial charge on any atom is 0.328 e. The molecule has 0 bridgehead atoms. The van der Waals surface area contributed by atoms with E-state index in [9.17, 15) is 14.0 Å². The zero-order valence-corrected chi connectivity index (χ0v) is 16.0. The lowest BCUT2D eigenvalue weighted by Crippen LogP contribution is -2.44. The van der Waals surface area contributed by atoms with E-state index in [1.807, 2.05) is 13.8 Å². The van der Waals surface area contributed by atoms with E-state index in [4.69, 9.17) is 9.47 Å². The number of benzene rings is 1. The van der Waals surface area contributed by atoms with Crippen LogP contribution in [0.25, 0.3) is 0 Å². The molecule has 5 nitrogen and oxygen atoms in total. The predicted molar refractivity (Wildman–Crippen MR) is 98.7 cm³/mol. The van der Waals surface area contributed by atoms with Gasteiger partial charge >= 0.3 is 5.97 Å².